The number of rotatable bonds is 4. The third-order valence-corrected chi connectivity index (χ3v) is 4.64. The first-order valence-electron chi connectivity index (χ1n) is 7.93. The highest BCUT2D eigenvalue weighted by molar-refractivity contribution is 7.80. The Balaban J connectivity index is 1.65. The summed E-state index contributed by atoms with van der Waals surface area (Å²) in [6, 6.07) is 10.4. The van der Waals surface area contributed by atoms with Crippen molar-refractivity contribution in [3.05, 3.63) is 76.0 Å². The van der Waals surface area contributed by atoms with E-state index in [1.807, 2.05) is 6.07 Å². The van der Waals surface area contributed by atoms with E-state index in [2.05, 4.69) is 15.7 Å². The molecule has 0 saturated heterocycles. The lowest BCUT2D eigenvalue weighted by Crippen LogP contribution is -2.21. The molecule has 3 rings (SSSR count). The van der Waals surface area contributed by atoms with E-state index in [9.17, 15) is 13.2 Å². The second-order valence-corrected chi connectivity index (χ2v) is 7.02. The molecule has 0 amide bonds. The number of anilines is 2. The third kappa shape index (κ3) is 5.15. The molecular formula is C18H13Cl2F3N4S. The van der Waals surface area contributed by atoms with Gasteiger partial charge in [-0.25, -0.2) is 0 Å². The van der Waals surface area contributed by atoms with Crippen molar-refractivity contribution in [2.45, 2.75) is 12.7 Å². The summed E-state index contributed by atoms with van der Waals surface area (Å²) in [7, 11) is 0. The highest BCUT2D eigenvalue weighted by atomic mass is 35.5. The maximum atomic E-state index is 13.1. The monoisotopic (exact) mass is 444 g/mol. The topological polar surface area (TPSA) is 41.9 Å². The van der Waals surface area contributed by atoms with Crippen LogP contribution in [-0.4, -0.2) is 14.9 Å². The van der Waals surface area contributed by atoms with Crippen LogP contribution in [0.25, 0.3) is 0 Å². The van der Waals surface area contributed by atoms with Crippen molar-refractivity contribution in [3.8, 4) is 0 Å². The number of para-hydroxylation sites is 1. The summed E-state index contributed by atoms with van der Waals surface area (Å²) in [5, 5.41) is 10.5. The molecule has 0 spiro atoms. The SMILES string of the molecule is FC(F)(F)c1ccccc1NC(=S)Nc1cnn(Cc2ccc(Cl)c(Cl)c2)c1. The molecule has 0 aliphatic carbocycles. The lowest BCUT2D eigenvalue weighted by molar-refractivity contribution is -0.136. The Kier molecular flexibility index (Phi) is 6.12. The van der Waals surface area contributed by atoms with Crippen molar-refractivity contribution in [2.24, 2.45) is 0 Å². The van der Waals surface area contributed by atoms with Gasteiger partial charge in [-0.1, -0.05) is 41.4 Å². The lowest BCUT2D eigenvalue weighted by atomic mass is 10.1. The van der Waals surface area contributed by atoms with Crippen LogP contribution in [0.5, 0.6) is 0 Å². The fourth-order valence-electron chi connectivity index (χ4n) is 2.46. The number of hydrogen-bond donors (Lipinski definition) is 2. The van der Waals surface area contributed by atoms with Gasteiger partial charge in [0.15, 0.2) is 5.11 Å². The van der Waals surface area contributed by atoms with Crippen LogP contribution in [-0.2, 0) is 12.7 Å². The van der Waals surface area contributed by atoms with Gasteiger partial charge in [0.25, 0.3) is 0 Å². The first-order valence-corrected chi connectivity index (χ1v) is 9.09. The van der Waals surface area contributed by atoms with Crippen molar-refractivity contribution in [1.29, 1.82) is 0 Å². The van der Waals surface area contributed by atoms with E-state index in [4.69, 9.17) is 35.4 Å². The summed E-state index contributed by atoms with van der Waals surface area (Å²) in [4.78, 5) is 0. The standard InChI is InChI=1S/C18H13Cl2F3N4S/c19-14-6-5-11(7-15(14)20)9-27-10-12(8-24-27)25-17(28)26-16-4-2-1-3-13(16)18(21,22)23/h1-8,10H,9H2,(H2,25,26,28). The van der Waals surface area contributed by atoms with Gasteiger partial charge in [-0.3, -0.25) is 4.68 Å². The predicted octanol–water partition coefficient (Wildman–Crippen LogP) is 6.07. The van der Waals surface area contributed by atoms with Crippen LogP contribution >= 0.6 is 35.4 Å². The zero-order chi connectivity index (χ0) is 20.3. The first-order chi connectivity index (χ1) is 13.2. The van der Waals surface area contributed by atoms with E-state index in [1.54, 1.807) is 23.0 Å². The van der Waals surface area contributed by atoms with E-state index >= 15 is 0 Å². The van der Waals surface area contributed by atoms with Crippen LogP contribution in [0, 0.1) is 0 Å². The summed E-state index contributed by atoms with van der Waals surface area (Å²) in [6.45, 7) is 0.440. The summed E-state index contributed by atoms with van der Waals surface area (Å²) >= 11 is 17.0. The number of thiocarbonyl (C=S) groups is 1. The molecule has 3 aromatic rings. The molecule has 28 heavy (non-hydrogen) atoms. The summed E-state index contributed by atoms with van der Waals surface area (Å²) in [5.41, 5.74) is 0.496. The quantitative estimate of drug-likeness (QED) is 0.479. The van der Waals surface area contributed by atoms with Crippen LogP contribution in [0.1, 0.15) is 11.1 Å². The molecule has 2 aromatic carbocycles. The molecule has 0 aliphatic heterocycles. The predicted molar refractivity (Wildman–Crippen MR) is 109 cm³/mol. The Labute approximate surface area is 174 Å². The van der Waals surface area contributed by atoms with Gasteiger partial charge in [0.2, 0.25) is 0 Å². The van der Waals surface area contributed by atoms with Crippen LogP contribution in [0.4, 0.5) is 24.5 Å². The van der Waals surface area contributed by atoms with Gasteiger partial charge in [-0.05, 0) is 42.0 Å². The van der Waals surface area contributed by atoms with Crippen LogP contribution in [0.3, 0.4) is 0 Å². The normalized spacial score (nSPS) is 11.3. The zero-order valence-electron chi connectivity index (χ0n) is 14.1. The summed E-state index contributed by atoms with van der Waals surface area (Å²) in [5.74, 6) is 0. The molecule has 0 bridgehead atoms. The molecule has 146 valence electrons. The zero-order valence-corrected chi connectivity index (χ0v) is 16.4. The van der Waals surface area contributed by atoms with Crippen molar-refractivity contribution < 1.29 is 13.2 Å². The number of nitrogens with zero attached hydrogens (tertiary/aromatic N) is 2. The van der Waals surface area contributed by atoms with E-state index in [0.717, 1.165) is 11.6 Å². The molecule has 0 unspecified atom stereocenters. The minimum absolute atomic E-state index is 0.0192. The van der Waals surface area contributed by atoms with Gasteiger partial charge in [-0.2, -0.15) is 18.3 Å². The largest absolute Gasteiger partial charge is 0.418 e. The third-order valence-electron chi connectivity index (χ3n) is 3.70. The van der Waals surface area contributed by atoms with Crippen molar-refractivity contribution >= 4 is 51.9 Å². The van der Waals surface area contributed by atoms with Gasteiger partial charge < -0.3 is 10.6 Å². The molecule has 0 atom stereocenters. The van der Waals surface area contributed by atoms with Crippen LogP contribution in [0.2, 0.25) is 10.0 Å². The number of benzene rings is 2. The molecule has 0 saturated carbocycles. The Morgan fingerprint density at radius 1 is 1.07 bits per heavy atom. The highest BCUT2D eigenvalue weighted by Gasteiger charge is 2.33. The highest BCUT2D eigenvalue weighted by Crippen LogP contribution is 2.34. The Morgan fingerprint density at radius 3 is 2.54 bits per heavy atom. The molecule has 1 heterocycles. The second-order valence-electron chi connectivity index (χ2n) is 5.80. The van der Waals surface area contributed by atoms with Crippen molar-refractivity contribution in [2.75, 3.05) is 10.6 Å². The number of halogens is 5. The minimum atomic E-state index is -4.48. The molecule has 10 heteroatoms. The van der Waals surface area contributed by atoms with E-state index in [-0.39, 0.29) is 10.8 Å². The Bertz CT molecular complexity index is 1000. The van der Waals surface area contributed by atoms with E-state index in [1.165, 1.54) is 24.4 Å². The Morgan fingerprint density at radius 2 is 1.82 bits per heavy atom. The summed E-state index contributed by atoms with van der Waals surface area (Å²) < 4.78 is 40.8. The minimum Gasteiger partial charge on any atom is -0.332 e. The Hall–Kier alpha value is -2.29. The molecule has 1 aromatic heterocycles. The molecule has 0 radical (unpaired) electrons. The summed E-state index contributed by atoms with van der Waals surface area (Å²) in [6.07, 6.45) is -1.29. The van der Waals surface area contributed by atoms with Gasteiger partial charge >= 0.3 is 6.18 Å². The van der Waals surface area contributed by atoms with Crippen LogP contribution < -0.4 is 10.6 Å². The second kappa shape index (κ2) is 8.38. The average molecular weight is 445 g/mol. The smallest absolute Gasteiger partial charge is 0.332 e. The molecule has 4 nitrogen and oxygen atoms in total. The first kappa shape index (κ1) is 20.4. The van der Waals surface area contributed by atoms with E-state index < -0.39 is 11.7 Å². The van der Waals surface area contributed by atoms with Gasteiger partial charge in [0.1, 0.15) is 0 Å². The fraction of sp³-hybridized carbons (Fsp3) is 0.111. The van der Waals surface area contributed by atoms with Gasteiger partial charge in [-0.15, -0.1) is 0 Å². The molecular weight excluding hydrogens is 432 g/mol. The van der Waals surface area contributed by atoms with Gasteiger partial charge in [0.05, 0.1) is 39.7 Å². The number of nitrogens with one attached hydrogen (secondary N) is 2. The maximum Gasteiger partial charge on any atom is 0.418 e. The van der Waals surface area contributed by atoms with E-state index in [0.29, 0.717) is 22.3 Å². The van der Waals surface area contributed by atoms with Crippen molar-refractivity contribution in [3.63, 3.8) is 0 Å². The number of aromatic nitrogens is 2. The molecule has 2 N–H and O–H groups in total. The molecule has 0 aliphatic rings. The molecule has 0 fully saturated rings. The fourth-order valence-corrected chi connectivity index (χ4v) is 3.01. The van der Waals surface area contributed by atoms with Gasteiger partial charge in [0, 0.05) is 6.20 Å². The number of hydrogen-bond acceptors (Lipinski definition) is 2. The maximum absolute atomic E-state index is 13.1. The average Bonchev–Trinajstić information content (AvgIpc) is 3.04. The van der Waals surface area contributed by atoms with Crippen molar-refractivity contribution in [1.82, 2.24) is 9.78 Å². The number of alkyl halides is 3. The lowest BCUT2D eigenvalue weighted by Gasteiger charge is -2.15. The van der Waals surface area contributed by atoms with Crippen LogP contribution in [0.15, 0.2) is 54.9 Å².